The van der Waals surface area contributed by atoms with E-state index in [9.17, 15) is 4.79 Å². The summed E-state index contributed by atoms with van der Waals surface area (Å²) in [4.78, 5) is 16.9. The molecule has 0 bridgehead atoms. The van der Waals surface area contributed by atoms with Crippen molar-refractivity contribution in [1.29, 1.82) is 0 Å². The van der Waals surface area contributed by atoms with Gasteiger partial charge in [0.15, 0.2) is 0 Å². The number of carbonyl (C=O) groups excluding carboxylic acids is 1. The Hall–Kier alpha value is -1.30. The van der Waals surface area contributed by atoms with E-state index < -0.39 is 5.54 Å². The number of halogens is 2. The molecule has 3 rings (SSSR count). The first-order chi connectivity index (χ1) is 11.1. The van der Waals surface area contributed by atoms with Gasteiger partial charge in [-0.1, -0.05) is 31.4 Å². The second-order valence-corrected chi connectivity index (χ2v) is 6.63. The smallest absolute Gasteiger partial charge is 0.240 e. The maximum atomic E-state index is 12.3. The Kier molecular flexibility index (Phi) is 8.19. The molecule has 3 N–H and O–H groups in total. The van der Waals surface area contributed by atoms with Crippen molar-refractivity contribution >= 4 is 41.8 Å². The maximum absolute atomic E-state index is 12.3. The van der Waals surface area contributed by atoms with Gasteiger partial charge in [0.1, 0.15) is 5.82 Å². The van der Waals surface area contributed by atoms with E-state index in [1.807, 2.05) is 25.1 Å². The van der Waals surface area contributed by atoms with Crippen LogP contribution in [-0.2, 0) is 11.3 Å². The number of para-hydroxylation sites is 2. The van der Waals surface area contributed by atoms with Gasteiger partial charge in [0.05, 0.1) is 16.6 Å². The Morgan fingerprint density at radius 1 is 1.24 bits per heavy atom. The molecule has 1 fully saturated rings. The van der Waals surface area contributed by atoms with Gasteiger partial charge in [-0.25, -0.2) is 4.98 Å². The lowest BCUT2D eigenvalue weighted by Gasteiger charge is -2.31. The van der Waals surface area contributed by atoms with Gasteiger partial charge in [-0.2, -0.15) is 0 Å². The summed E-state index contributed by atoms with van der Waals surface area (Å²) in [7, 11) is 0. The minimum atomic E-state index is -0.643. The van der Waals surface area contributed by atoms with Gasteiger partial charge in [-0.15, -0.1) is 24.8 Å². The summed E-state index contributed by atoms with van der Waals surface area (Å²) >= 11 is 0. The SMILES string of the molecule is Cc1nc2ccccc2n1CCCNC(=O)C1(N)CCCCC1.Cl.Cl. The second kappa shape index (κ2) is 9.41. The number of rotatable bonds is 5. The number of hydrogen-bond acceptors (Lipinski definition) is 3. The van der Waals surface area contributed by atoms with Gasteiger partial charge in [0.2, 0.25) is 5.91 Å². The summed E-state index contributed by atoms with van der Waals surface area (Å²) in [5.74, 6) is 1.03. The minimum absolute atomic E-state index is 0. The van der Waals surface area contributed by atoms with Crippen LogP contribution in [0.5, 0.6) is 0 Å². The van der Waals surface area contributed by atoms with E-state index >= 15 is 0 Å². The highest BCUT2D eigenvalue weighted by Gasteiger charge is 2.34. The molecule has 1 aliphatic rings. The van der Waals surface area contributed by atoms with Gasteiger partial charge in [-0.3, -0.25) is 4.79 Å². The van der Waals surface area contributed by atoms with Crippen molar-refractivity contribution in [3.63, 3.8) is 0 Å². The Balaban J connectivity index is 0.00000156. The summed E-state index contributed by atoms with van der Waals surface area (Å²) in [6, 6.07) is 8.15. The van der Waals surface area contributed by atoms with E-state index in [-0.39, 0.29) is 30.7 Å². The lowest BCUT2D eigenvalue weighted by molar-refractivity contribution is -0.127. The molecule has 0 spiro atoms. The third-order valence-corrected chi connectivity index (χ3v) is 4.89. The van der Waals surface area contributed by atoms with Crippen LogP contribution in [0.2, 0.25) is 0 Å². The van der Waals surface area contributed by atoms with Crippen LogP contribution in [0, 0.1) is 6.92 Å². The summed E-state index contributed by atoms with van der Waals surface area (Å²) < 4.78 is 2.21. The molecule has 0 unspecified atom stereocenters. The second-order valence-electron chi connectivity index (χ2n) is 6.63. The normalized spacial score (nSPS) is 15.9. The number of nitrogens with two attached hydrogens (primary N) is 1. The van der Waals surface area contributed by atoms with E-state index in [2.05, 4.69) is 20.9 Å². The third-order valence-electron chi connectivity index (χ3n) is 4.89. The van der Waals surface area contributed by atoms with E-state index in [1.54, 1.807) is 0 Å². The largest absolute Gasteiger partial charge is 0.354 e. The molecule has 1 saturated carbocycles. The first-order valence-corrected chi connectivity index (χ1v) is 8.59. The number of carbonyl (C=O) groups is 1. The van der Waals surface area contributed by atoms with Crippen LogP contribution in [0.15, 0.2) is 24.3 Å². The first kappa shape index (κ1) is 21.7. The number of hydrogen-bond donors (Lipinski definition) is 2. The number of amides is 1. The molecule has 0 saturated heterocycles. The average molecular weight is 387 g/mol. The predicted molar refractivity (Wildman–Crippen MR) is 107 cm³/mol. The van der Waals surface area contributed by atoms with Crippen molar-refractivity contribution in [1.82, 2.24) is 14.9 Å². The number of imidazole rings is 1. The zero-order valence-corrected chi connectivity index (χ0v) is 16.3. The van der Waals surface area contributed by atoms with Crippen LogP contribution in [0.25, 0.3) is 11.0 Å². The highest BCUT2D eigenvalue weighted by Crippen LogP contribution is 2.25. The fraction of sp³-hybridized carbons (Fsp3) is 0.556. The summed E-state index contributed by atoms with van der Waals surface area (Å²) in [5.41, 5.74) is 7.78. The number of aromatic nitrogens is 2. The quantitative estimate of drug-likeness (QED) is 0.773. The van der Waals surface area contributed by atoms with Crippen molar-refractivity contribution in [3.05, 3.63) is 30.1 Å². The minimum Gasteiger partial charge on any atom is -0.354 e. The lowest BCUT2D eigenvalue weighted by atomic mass is 9.82. The van der Waals surface area contributed by atoms with Crippen LogP contribution in [0.3, 0.4) is 0 Å². The predicted octanol–water partition coefficient (Wildman–Crippen LogP) is 3.36. The fourth-order valence-electron chi connectivity index (χ4n) is 3.50. The van der Waals surface area contributed by atoms with Crippen LogP contribution in [0.4, 0.5) is 0 Å². The number of aryl methyl sites for hydroxylation is 2. The molecule has 0 atom stereocenters. The summed E-state index contributed by atoms with van der Waals surface area (Å²) in [6.07, 6.45) is 5.81. The highest BCUT2D eigenvalue weighted by atomic mass is 35.5. The number of nitrogens with one attached hydrogen (secondary N) is 1. The molecule has 1 aromatic heterocycles. The average Bonchev–Trinajstić information content (AvgIpc) is 2.87. The van der Waals surface area contributed by atoms with E-state index in [0.717, 1.165) is 55.5 Å². The summed E-state index contributed by atoms with van der Waals surface area (Å²) in [6.45, 7) is 3.53. The first-order valence-electron chi connectivity index (χ1n) is 8.59. The zero-order chi connectivity index (χ0) is 16.3. The molecule has 0 radical (unpaired) electrons. The van der Waals surface area contributed by atoms with Gasteiger partial charge < -0.3 is 15.6 Å². The van der Waals surface area contributed by atoms with Gasteiger partial charge in [-0.05, 0) is 38.3 Å². The van der Waals surface area contributed by atoms with Gasteiger partial charge in [0, 0.05) is 13.1 Å². The Labute approximate surface area is 161 Å². The van der Waals surface area contributed by atoms with Crippen molar-refractivity contribution in [2.75, 3.05) is 6.54 Å². The van der Waals surface area contributed by atoms with Crippen molar-refractivity contribution < 1.29 is 4.79 Å². The van der Waals surface area contributed by atoms with Crippen molar-refractivity contribution in [2.45, 2.75) is 57.5 Å². The number of benzene rings is 1. The molecular weight excluding hydrogens is 359 g/mol. The molecule has 25 heavy (non-hydrogen) atoms. The van der Waals surface area contributed by atoms with E-state index in [0.29, 0.717) is 6.54 Å². The van der Waals surface area contributed by atoms with E-state index in [1.165, 1.54) is 6.42 Å². The van der Waals surface area contributed by atoms with Crippen LogP contribution < -0.4 is 11.1 Å². The number of fused-ring (bicyclic) bond motifs is 1. The van der Waals surface area contributed by atoms with Crippen LogP contribution in [-0.4, -0.2) is 27.5 Å². The van der Waals surface area contributed by atoms with Gasteiger partial charge in [0.25, 0.3) is 0 Å². The molecular formula is C18H28Cl2N4O. The highest BCUT2D eigenvalue weighted by molar-refractivity contribution is 5.86. The molecule has 5 nitrogen and oxygen atoms in total. The number of nitrogens with zero attached hydrogens (tertiary/aromatic N) is 2. The molecule has 0 aliphatic heterocycles. The maximum Gasteiger partial charge on any atom is 0.240 e. The molecule has 1 heterocycles. The molecule has 1 amide bonds. The van der Waals surface area contributed by atoms with E-state index in [4.69, 9.17) is 5.73 Å². The standard InChI is InChI=1S/C18H26N4O.2ClH/c1-14-21-15-8-3-4-9-16(15)22(14)13-7-12-20-17(23)18(19)10-5-2-6-11-18;;/h3-4,8-9H,2,5-7,10-13,19H2,1H3,(H,20,23);2*1H. The monoisotopic (exact) mass is 386 g/mol. The molecule has 2 aromatic rings. The van der Waals surface area contributed by atoms with Crippen LogP contribution >= 0.6 is 24.8 Å². The molecule has 1 aromatic carbocycles. The topological polar surface area (TPSA) is 72.9 Å². The van der Waals surface area contributed by atoms with Crippen molar-refractivity contribution in [3.8, 4) is 0 Å². The molecule has 140 valence electrons. The fourth-order valence-corrected chi connectivity index (χ4v) is 3.50. The zero-order valence-electron chi connectivity index (χ0n) is 14.7. The molecule has 1 aliphatic carbocycles. The summed E-state index contributed by atoms with van der Waals surface area (Å²) in [5, 5.41) is 3.03. The van der Waals surface area contributed by atoms with Gasteiger partial charge >= 0.3 is 0 Å². The Morgan fingerprint density at radius 3 is 2.64 bits per heavy atom. The van der Waals surface area contributed by atoms with Crippen LogP contribution in [0.1, 0.15) is 44.3 Å². The Bertz CT molecular complexity index is 695. The molecule has 7 heteroatoms. The Morgan fingerprint density at radius 2 is 1.92 bits per heavy atom. The third kappa shape index (κ3) is 4.87. The lowest BCUT2D eigenvalue weighted by Crippen LogP contribution is -2.55. The van der Waals surface area contributed by atoms with Crippen molar-refractivity contribution in [2.24, 2.45) is 5.73 Å².